The lowest BCUT2D eigenvalue weighted by Gasteiger charge is -2.34. The summed E-state index contributed by atoms with van der Waals surface area (Å²) in [5, 5.41) is 12.7. The van der Waals surface area contributed by atoms with Gasteiger partial charge in [0.25, 0.3) is 0 Å². The molecule has 4 nitrogen and oxygen atoms in total. The molecule has 0 N–H and O–H groups in total. The molecule has 0 unspecified atom stereocenters. The summed E-state index contributed by atoms with van der Waals surface area (Å²) in [4.78, 5) is 4.48. The van der Waals surface area contributed by atoms with Crippen LogP contribution in [0.5, 0.6) is 0 Å². The van der Waals surface area contributed by atoms with Crippen LogP contribution in [0.25, 0.3) is 82.5 Å². The van der Waals surface area contributed by atoms with Crippen molar-refractivity contribution in [2.75, 3.05) is 0 Å². The zero-order valence-corrected chi connectivity index (χ0v) is 35.9. The lowest BCUT2D eigenvalue weighted by Crippen LogP contribution is -2.74. The van der Waals surface area contributed by atoms with Gasteiger partial charge in [-0.1, -0.05) is 158 Å². The Bertz CT molecular complexity index is 3730. The number of para-hydroxylation sites is 3. The molecule has 5 heteroatoms. The van der Waals surface area contributed by atoms with Crippen molar-refractivity contribution in [3.63, 3.8) is 0 Å². The van der Waals surface area contributed by atoms with Gasteiger partial charge in [0, 0.05) is 61.8 Å². The molecular formula is C59H40N4Si. The van der Waals surface area contributed by atoms with Gasteiger partial charge in [-0.2, -0.15) is 0 Å². The summed E-state index contributed by atoms with van der Waals surface area (Å²) in [7, 11) is -2.66. The summed E-state index contributed by atoms with van der Waals surface area (Å²) in [5.41, 5.74) is 10.5. The Morgan fingerprint density at radius 1 is 0.266 bits per heavy atom. The van der Waals surface area contributed by atoms with Crippen LogP contribution in [0.1, 0.15) is 0 Å². The van der Waals surface area contributed by atoms with Gasteiger partial charge in [0.2, 0.25) is 0 Å². The highest BCUT2D eigenvalue weighted by Gasteiger charge is 2.41. The fourth-order valence-electron chi connectivity index (χ4n) is 10.8. The predicted molar refractivity (Wildman–Crippen MR) is 271 cm³/mol. The summed E-state index contributed by atoms with van der Waals surface area (Å²) in [6.45, 7) is 0. The van der Waals surface area contributed by atoms with Crippen molar-refractivity contribution in [2.24, 2.45) is 0 Å². The van der Waals surface area contributed by atoms with Crippen LogP contribution in [0.4, 0.5) is 0 Å². The molecule has 64 heavy (non-hydrogen) atoms. The maximum atomic E-state index is 4.48. The molecule has 0 saturated heterocycles. The maximum absolute atomic E-state index is 4.48. The number of rotatable bonds is 7. The molecule has 0 bridgehead atoms. The second kappa shape index (κ2) is 14.4. The number of pyridine rings is 1. The van der Waals surface area contributed by atoms with Crippen LogP contribution in [0.2, 0.25) is 0 Å². The van der Waals surface area contributed by atoms with Gasteiger partial charge in [-0.3, -0.25) is 4.98 Å². The van der Waals surface area contributed by atoms with Crippen LogP contribution in [0.15, 0.2) is 243 Å². The van der Waals surface area contributed by atoms with Crippen molar-refractivity contribution >= 4 is 94.2 Å². The van der Waals surface area contributed by atoms with E-state index < -0.39 is 8.07 Å². The zero-order valence-electron chi connectivity index (χ0n) is 34.9. The van der Waals surface area contributed by atoms with Crippen molar-refractivity contribution in [3.8, 4) is 17.1 Å². The molecule has 13 rings (SSSR count). The number of hydrogen-bond donors (Lipinski definition) is 0. The van der Waals surface area contributed by atoms with Gasteiger partial charge in [0.15, 0.2) is 8.07 Å². The molecule has 0 radical (unpaired) electrons. The monoisotopic (exact) mass is 832 g/mol. The Kier molecular flexibility index (Phi) is 8.20. The first-order valence-corrected chi connectivity index (χ1v) is 24.0. The summed E-state index contributed by atoms with van der Waals surface area (Å²) in [6.07, 6.45) is 3.87. The van der Waals surface area contributed by atoms with Gasteiger partial charge in [-0.15, -0.1) is 0 Å². The van der Waals surface area contributed by atoms with E-state index in [0.717, 1.165) is 28.0 Å². The fraction of sp³-hybridized carbons (Fsp3) is 0. The molecule has 0 saturated carbocycles. The van der Waals surface area contributed by atoms with Crippen LogP contribution in [-0.2, 0) is 0 Å². The third kappa shape index (κ3) is 5.31. The van der Waals surface area contributed by atoms with E-state index in [4.69, 9.17) is 0 Å². The Morgan fingerprint density at radius 2 is 0.609 bits per heavy atom. The lowest BCUT2D eigenvalue weighted by molar-refractivity contribution is 1.16. The molecule has 0 aliphatic heterocycles. The van der Waals surface area contributed by atoms with Crippen LogP contribution < -0.4 is 20.7 Å². The average Bonchev–Trinajstić information content (AvgIpc) is 4.01. The second-order valence-corrected chi connectivity index (χ2v) is 20.6. The topological polar surface area (TPSA) is 27.7 Å². The first-order chi connectivity index (χ1) is 31.8. The van der Waals surface area contributed by atoms with E-state index in [1.165, 1.54) is 75.3 Å². The molecule has 0 atom stereocenters. The van der Waals surface area contributed by atoms with Gasteiger partial charge < -0.3 is 13.7 Å². The van der Waals surface area contributed by atoms with Crippen LogP contribution >= 0.6 is 0 Å². The van der Waals surface area contributed by atoms with Crippen molar-refractivity contribution in [1.29, 1.82) is 0 Å². The molecule has 0 fully saturated rings. The highest BCUT2D eigenvalue weighted by atomic mass is 28.3. The Hall–Kier alpha value is -8.25. The molecule has 0 aliphatic rings. The largest absolute Gasteiger partial charge is 0.309 e. The van der Waals surface area contributed by atoms with Crippen molar-refractivity contribution in [2.45, 2.75) is 0 Å². The van der Waals surface area contributed by atoms with E-state index in [2.05, 4.69) is 249 Å². The number of hydrogen-bond acceptors (Lipinski definition) is 1. The molecule has 4 aromatic heterocycles. The standard InChI is InChI=1S/C59H40N4Si/c1-4-16-44(17-5-1)64(45-18-6-2-7-19-45,46-20-8-3-9-21-46)47-32-28-41(29-33-47)61-54-25-13-10-22-48(54)51-38-42(30-34-57(51)61)62-55-26-14-11-23-49(55)52-39-43(31-35-58(52)62)63-56-27-15-12-24-50(56)53-40-60-37-36-59(53)63/h1-40H. The summed E-state index contributed by atoms with van der Waals surface area (Å²) in [6, 6.07) is 85.2. The smallest absolute Gasteiger partial charge is 0.179 e. The first-order valence-electron chi connectivity index (χ1n) is 22.0. The van der Waals surface area contributed by atoms with Crippen LogP contribution in [0, 0.1) is 0 Å². The molecule has 0 amide bonds. The fourth-order valence-corrected chi connectivity index (χ4v) is 15.5. The molecular weight excluding hydrogens is 793 g/mol. The first kappa shape index (κ1) is 36.4. The van der Waals surface area contributed by atoms with E-state index in [9.17, 15) is 0 Å². The summed E-state index contributed by atoms with van der Waals surface area (Å²) >= 11 is 0. The number of fused-ring (bicyclic) bond motifs is 9. The van der Waals surface area contributed by atoms with E-state index in [-0.39, 0.29) is 0 Å². The van der Waals surface area contributed by atoms with Gasteiger partial charge in [-0.25, -0.2) is 0 Å². The predicted octanol–water partition coefficient (Wildman–Crippen LogP) is 11.8. The lowest BCUT2D eigenvalue weighted by atomic mass is 10.1. The minimum atomic E-state index is -2.66. The normalized spacial score (nSPS) is 12.1. The number of nitrogens with zero attached hydrogens (tertiary/aromatic N) is 4. The minimum Gasteiger partial charge on any atom is -0.309 e. The van der Waals surface area contributed by atoms with Crippen LogP contribution in [0.3, 0.4) is 0 Å². The third-order valence-electron chi connectivity index (χ3n) is 13.5. The summed E-state index contributed by atoms with van der Waals surface area (Å²) < 4.78 is 7.25. The van der Waals surface area contributed by atoms with Crippen molar-refractivity contribution in [1.82, 2.24) is 18.7 Å². The molecule has 300 valence electrons. The van der Waals surface area contributed by atoms with Crippen molar-refractivity contribution in [3.05, 3.63) is 243 Å². The maximum Gasteiger partial charge on any atom is 0.179 e. The van der Waals surface area contributed by atoms with Crippen LogP contribution in [-0.4, -0.2) is 26.8 Å². The second-order valence-electron chi connectivity index (χ2n) is 16.7. The third-order valence-corrected chi connectivity index (χ3v) is 18.3. The van der Waals surface area contributed by atoms with Crippen molar-refractivity contribution < 1.29 is 0 Å². The Labute approximate surface area is 371 Å². The highest BCUT2D eigenvalue weighted by molar-refractivity contribution is 7.19. The Morgan fingerprint density at radius 3 is 1.08 bits per heavy atom. The quantitative estimate of drug-likeness (QED) is 0.116. The van der Waals surface area contributed by atoms with Gasteiger partial charge in [0.1, 0.15) is 0 Å². The highest BCUT2D eigenvalue weighted by Crippen LogP contribution is 2.39. The minimum absolute atomic E-state index is 1.13. The van der Waals surface area contributed by atoms with E-state index in [1.54, 1.807) is 0 Å². The molecule has 4 heterocycles. The molecule has 0 spiro atoms. The zero-order chi connectivity index (χ0) is 42.2. The van der Waals surface area contributed by atoms with Gasteiger partial charge in [-0.05, 0) is 93.5 Å². The Balaban J connectivity index is 0.974. The van der Waals surface area contributed by atoms with E-state index >= 15 is 0 Å². The number of aromatic nitrogens is 4. The van der Waals surface area contributed by atoms with E-state index in [1.807, 2.05) is 12.4 Å². The van der Waals surface area contributed by atoms with E-state index in [0.29, 0.717) is 0 Å². The number of benzene rings is 9. The molecule has 0 aliphatic carbocycles. The average molecular weight is 833 g/mol. The summed E-state index contributed by atoms with van der Waals surface area (Å²) in [5.74, 6) is 0. The van der Waals surface area contributed by atoms with Gasteiger partial charge >= 0.3 is 0 Å². The van der Waals surface area contributed by atoms with Gasteiger partial charge in [0.05, 0.1) is 33.1 Å². The molecule has 13 aromatic rings. The SMILES string of the molecule is c1ccc([Si](c2ccccc2)(c2ccccc2)c2ccc(-n3c4ccccc4c4cc(-n5c6ccccc6c6cc(-n7c8ccccc8c8cnccc87)ccc65)ccc43)cc2)cc1. The molecule has 9 aromatic carbocycles.